The highest BCUT2D eigenvalue weighted by Crippen LogP contribution is 2.30. The highest BCUT2D eigenvalue weighted by Gasteiger charge is 2.19. The van der Waals surface area contributed by atoms with Gasteiger partial charge in [-0.3, -0.25) is 9.59 Å². The van der Waals surface area contributed by atoms with Gasteiger partial charge >= 0.3 is 0 Å². The number of carbonyl (C=O) groups excluding carboxylic acids is 2. The van der Waals surface area contributed by atoms with Gasteiger partial charge in [-0.25, -0.2) is 9.97 Å². The van der Waals surface area contributed by atoms with Crippen molar-refractivity contribution in [3.63, 3.8) is 0 Å². The Balaban J connectivity index is 1.06. The summed E-state index contributed by atoms with van der Waals surface area (Å²) in [5.74, 6) is 0.388. The van der Waals surface area contributed by atoms with Crippen molar-refractivity contribution in [1.82, 2.24) is 9.97 Å². The number of thioether (sulfide) groups is 2. The molecule has 42 heavy (non-hydrogen) atoms. The number of aromatic nitrogens is 2. The van der Waals surface area contributed by atoms with E-state index >= 15 is 0 Å². The van der Waals surface area contributed by atoms with Crippen molar-refractivity contribution in [1.29, 1.82) is 10.5 Å². The molecule has 0 atom stereocenters. The van der Waals surface area contributed by atoms with Gasteiger partial charge in [-0.1, -0.05) is 72.1 Å². The monoisotopic (exact) mass is 586 g/mol. The fraction of sp³-hybridized carbons (Fsp3) is 0.235. The molecule has 0 saturated heterocycles. The molecule has 0 saturated carbocycles. The van der Waals surface area contributed by atoms with Gasteiger partial charge in [0.05, 0.1) is 22.6 Å². The van der Waals surface area contributed by atoms with Gasteiger partial charge in [0.25, 0.3) is 0 Å². The number of aryl methyl sites for hydroxylation is 4. The van der Waals surface area contributed by atoms with Gasteiger partial charge in [-0.2, -0.15) is 10.5 Å². The summed E-state index contributed by atoms with van der Waals surface area (Å²) < 4.78 is 0. The van der Waals surface area contributed by atoms with Crippen LogP contribution >= 0.6 is 23.5 Å². The number of nitrogens with zero attached hydrogens (tertiary/aromatic N) is 4. The number of nitriles is 2. The lowest BCUT2D eigenvalue weighted by Gasteiger charge is -2.08. The van der Waals surface area contributed by atoms with Gasteiger partial charge < -0.3 is 0 Å². The van der Waals surface area contributed by atoms with Gasteiger partial charge in [-0.15, -0.1) is 0 Å². The molecular formula is C34H26N4O2S2. The number of benzene rings is 2. The standard InChI is InChI=1S/C34H26N4O2S2/c35-17-27-15-25-3-1-5-29(25)37-33(27)41-19-31(39)23-11-7-21(8-12-23)22-9-13-24(14-10-22)32(40)20-42-34-28(18-36)16-26-4-2-6-30(26)38-34/h7-16H,1-6,19-20H2. The first-order valence-electron chi connectivity index (χ1n) is 13.9. The molecule has 0 aliphatic heterocycles. The van der Waals surface area contributed by atoms with E-state index in [0.29, 0.717) is 32.3 Å². The van der Waals surface area contributed by atoms with Crippen molar-refractivity contribution < 1.29 is 9.59 Å². The maximum Gasteiger partial charge on any atom is 0.173 e. The number of pyridine rings is 2. The van der Waals surface area contributed by atoms with E-state index in [1.165, 1.54) is 23.5 Å². The predicted octanol–water partition coefficient (Wildman–Crippen LogP) is 6.81. The van der Waals surface area contributed by atoms with E-state index in [0.717, 1.165) is 72.2 Å². The molecule has 0 spiro atoms. The first-order valence-corrected chi connectivity index (χ1v) is 15.9. The van der Waals surface area contributed by atoms with Gasteiger partial charge in [0.2, 0.25) is 0 Å². The largest absolute Gasteiger partial charge is 0.293 e. The molecule has 0 bridgehead atoms. The van der Waals surface area contributed by atoms with E-state index in [4.69, 9.17) is 0 Å². The Hall–Kier alpha value is -4.24. The van der Waals surface area contributed by atoms with E-state index in [9.17, 15) is 20.1 Å². The molecule has 2 aliphatic rings. The van der Waals surface area contributed by atoms with Crippen LogP contribution < -0.4 is 0 Å². The zero-order valence-corrected chi connectivity index (χ0v) is 24.5. The number of carbonyl (C=O) groups is 2. The second-order valence-electron chi connectivity index (χ2n) is 10.4. The fourth-order valence-corrected chi connectivity index (χ4v) is 7.16. The molecule has 8 heteroatoms. The summed E-state index contributed by atoms with van der Waals surface area (Å²) in [6, 6.07) is 23.1. The number of hydrogen-bond donors (Lipinski definition) is 0. The van der Waals surface area contributed by atoms with Crippen LogP contribution in [0.1, 0.15) is 67.2 Å². The van der Waals surface area contributed by atoms with Crippen LogP contribution in [0.4, 0.5) is 0 Å². The van der Waals surface area contributed by atoms with Crippen LogP contribution in [0.3, 0.4) is 0 Å². The van der Waals surface area contributed by atoms with Crippen LogP contribution in [0, 0.1) is 22.7 Å². The van der Waals surface area contributed by atoms with Crippen molar-refractivity contribution in [2.75, 3.05) is 11.5 Å². The van der Waals surface area contributed by atoms with Crippen LogP contribution in [-0.2, 0) is 25.7 Å². The van der Waals surface area contributed by atoms with Crippen molar-refractivity contribution in [2.45, 2.75) is 48.6 Å². The van der Waals surface area contributed by atoms with E-state index in [-0.39, 0.29) is 23.1 Å². The smallest absolute Gasteiger partial charge is 0.173 e. The lowest BCUT2D eigenvalue weighted by atomic mass is 10.0. The molecule has 6 rings (SSSR count). The number of Topliss-reactive ketones (excluding diaryl/α,β-unsaturated/α-hetero) is 2. The second-order valence-corrected chi connectivity index (χ2v) is 12.3. The summed E-state index contributed by atoms with van der Waals surface area (Å²) in [5, 5.41) is 20.3. The zero-order chi connectivity index (χ0) is 29.1. The summed E-state index contributed by atoms with van der Waals surface area (Å²) in [4.78, 5) is 35.1. The van der Waals surface area contributed by atoms with Crippen molar-refractivity contribution in [3.05, 3.63) is 105 Å². The Morgan fingerprint density at radius 3 is 1.43 bits per heavy atom. The Kier molecular flexibility index (Phi) is 8.19. The summed E-state index contributed by atoms with van der Waals surface area (Å²) in [5.41, 5.74) is 8.56. The van der Waals surface area contributed by atoms with Gasteiger partial charge in [0, 0.05) is 22.5 Å². The van der Waals surface area contributed by atoms with Crippen molar-refractivity contribution in [2.24, 2.45) is 0 Å². The topological polar surface area (TPSA) is 108 Å². The first-order chi connectivity index (χ1) is 20.5. The SMILES string of the molecule is N#Cc1cc2c(nc1SCC(=O)c1ccc(-c3ccc(C(=O)CSc4nc5c(cc4C#N)CCC5)cc3)cc1)CCC2. The molecule has 2 aliphatic carbocycles. The number of rotatable bonds is 9. The Morgan fingerprint density at radius 2 is 1.05 bits per heavy atom. The van der Waals surface area contributed by atoms with Crippen molar-refractivity contribution >= 4 is 35.1 Å². The first kappa shape index (κ1) is 27.9. The summed E-state index contributed by atoms with van der Waals surface area (Å²) >= 11 is 2.64. The summed E-state index contributed by atoms with van der Waals surface area (Å²) in [7, 11) is 0. The quantitative estimate of drug-likeness (QED) is 0.155. The van der Waals surface area contributed by atoms with E-state index in [2.05, 4.69) is 22.1 Å². The summed E-state index contributed by atoms with van der Waals surface area (Å²) in [6.07, 6.45) is 5.89. The molecule has 206 valence electrons. The maximum atomic E-state index is 12.9. The van der Waals surface area contributed by atoms with Crippen LogP contribution in [0.5, 0.6) is 0 Å². The minimum Gasteiger partial charge on any atom is -0.293 e. The van der Waals surface area contributed by atoms with E-state index in [1.807, 2.05) is 60.7 Å². The maximum absolute atomic E-state index is 12.9. The molecule has 6 nitrogen and oxygen atoms in total. The molecule has 2 aromatic carbocycles. The molecule has 0 unspecified atom stereocenters. The lowest BCUT2D eigenvalue weighted by Crippen LogP contribution is -2.04. The molecular weight excluding hydrogens is 561 g/mol. The third kappa shape index (κ3) is 5.87. The predicted molar refractivity (Wildman–Crippen MR) is 164 cm³/mol. The normalized spacial score (nSPS) is 13.2. The second kappa shape index (κ2) is 12.3. The molecule has 4 aromatic rings. The number of fused-ring (bicyclic) bond motifs is 2. The van der Waals surface area contributed by atoms with Crippen LogP contribution in [-0.4, -0.2) is 33.0 Å². The number of hydrogen-bond acceptors (Lipinski definition) is 8. The minimum atomic E-state index is -0.0198. The summed E-state index contributed by atoms with van der Waals surface area (Å²) in [6.45, 7) is 0. The molecule has 0 N–H and O–H groups in total. The molecule has 0 fully saturated rings. The Morgan fingerprint density at radius 1 is 0.643 bits per heavy atom. The van der Waals surface area contributed by atoms with Crippen LogP contribution in [0.25, 0.3) is 11.1 Å². The van der Waals surface area contributed by atoms with E-state index in [1.54, 1.807) is 0 Å². The molecule has 2 heterocycles. The lowest BCUT2D eigenvalue weighted by molar-refractivity contribution is 0.101. The molecule has 2 aromatic heterocycles. The van der Waals surface area contributed by atoms with Gasteiger partial charge in [-0.05, 0) is 72.9 Å². The highest BCUT2D eigenvalue weighted by molar-refractivity contribution is 8.00. The number of ketones is 2. The highest BCUT2D eigenvalue weighted by atomic mass is 32.2. The fourth-order valence-electron chi connectivity index (χ4n) is 5.42. The third-order valence-electron chi connectivity index (χ3n) is 7.70. The Bertz CT molecular complexity index is 1650. The Labute approximate surface area is 253 Å². The average molecular weight is 587 g/mol. The van der Waals surface area contributed by atoms with Crippen LogP contribution in [0.2, 0.25) is 0 Å². The molecule has 0 amide bonds. The minimum absolute atomic E-state index is 0.0198. The van der Waals surface area contributed by atoms with E-state index < -0.39 is 0 Å². The van der Waals surface area contributed by atoms with Crippen molar-refractivity contribution in [3.8, 4) is 23.3 Å². The molecule has 0 radical (unpaired) electrons. The zero-order valence-electron chi connectivity index (χ0n) is 22.9. The van der Waals surface area contributed by atoms with Crippen LogP contribution in [0.15, 0.2) is 70.7 Å². The van der Waals surface area contributed by atoms with Gasteiger partial charge in [0.15, 0.2) is 11.6 Å². The average Bonchev–Trinajstić information content (AvgIpc) is 3.70. The third-order valence-corrected chi connectivity index (χ3v) is 9.68. The van der Waals surface area contributed by atoms with Gasteiger partial charge in [0.1, 0.15) is 22.2 Å².